The van der Waals surface area contributed by atoms with Crippen LogP contribution in [0.1, 0.15) is 29.3 Å². The van der Waals surface area contributed by atoms with E-state index in [0.29, 0.717) is 24.2 Å². The lowest BCUT2D eigenvalue weighted by Gasteiger charge is -2.16. The number of nitrogens with two attached hydrogens (primary N) is 1. The minimum Gasteiger partial charge on any atom is -0.352 e. The number of hydrogen-bond donors (Lipinski definition) is 2. The van der Waals surface area contributed by atoms with Gasteiger partial charge in [-0.25, -0.2) is 0 Å². The number of amides is 2. The lowest BCUT2D eigenvalue weighted by atomic mass is 10.2. The van der Waals surface area contributed by atoms with E-state index in [1.54, 1.807) is 17.2 Å². The predicted octanol–water partition coefficient (Wildman–Crippen LogP) is -0.258. The largest absolute Gasteiger partial charge is 0.352 e. The molecule has 6 nitrogen and oxygen atoms in total. The van der Waals surface area contributed by atoms with Crippen LogP contribution in [0.25, 0.3) is 0 Å². The highest BCUT2D eigenvalue weighted by molar-refractivity contribution is 5.94. The molecule has 1 fully saturated rings. The summed E-state index contributed by atoms with van der Waals surface area (Å²) in [5.41, 5.74) is 6.50. The van der Waals surface area contributed by atoms with Gasteiger partial charge in [-0.3, -0.25) is 14.6 Å². The number of nitrogens with one attached hydrogen (secondary N) is 1. The molecule has 6 heteroatoms. The van der Waals surface area contributed by atoms with Crippen LogP contribution < -0.4 is 11.1 Å². The minimum absolute atomic E-state index is 0.0274. The smallest absolute Gasteiger partial charge is 0.255 e. The first kappa shape index (κ1) is 15.0. The molecule has 0 spiro atoms. The zero-order valence-electron chi connectivity index (χ0n) is 11.9. The highest BCUT2D eigenvalue weighted by Gasteiger charge is 2.27. The quantitative estimate of drug-likeness (QED) is 0.733. The van der Waals surface area contributed by atoms with Crippen molar-refractivity contribution in [2.24, 2.45) is 5.73 Å². The molecule has 1 aromatic heterocycles. The standard InChI is InChI=1S/C15H18N4O2/c1-11(20)18-14-4-6-19(10-14)15(21)13-7-12(3-2-5-16)8-17-9-13/h7-9,14H,4-6,10,16H2,1H3,(H,18,20). The third-order valence-electron chi connectivity index (χ3n) is 3.20. The minimum atomic E-state index is -0.0910. The fourth-order valence-electron chi connectivity index (χ4n) is 2.31. The summed E-state index contributed by atoms with van der Waals surface area (Å²) < 4.78 is 0. The summed E-state index contributed by atoms with van der Waals surface area (Å²) in [4.78, 5) is 29.2. The molecule has 2 amide bonds. The van der Waals surface area contributed by atoms with Gasteiger partial charge >= 0.3 is 0 Å². The van der Waals surface area contributed by atoms with Gasteiger partial charge in [-0.1, -0.05) is 11.8 Å². The van der Waals surface area contributed by atoms with Gasteiger partial charge in [0.15, 0.2) is 0 Å². The average molecular weight is 286 g/mol. The molecule has 1 aliphatic rings. The normalized spacial score (nSPS) is 17.0. The van der Waals surface area contributed by atoms with E-state index < -0.39 is 0 Å². The van der Waals surface area contributed by atoms with Crippen LogP contribution in [0, 0.1) is 11.8 Å². The molecular formula is C15H18N4O2. The molecule has 2 rings (SSSR count). The zero-order valence-corrected chi connectivity index (χ0v) is 11.9. The van der Waals surface area contributed by atoms with Crippen molar-refractivity contribution in [1.82, 2.24) is 15.2 Å². The Morgan fingerprint density at radius 1 is 1.52 bits per heavy atom. The van der Waals surface area contributed by atoms with E-state index in [0.717, 1.165) is 6.42 Å². The Bertz CT molecular complexity index is 603. The van der Waals surface area contributed by atoms with E-state index in [-0.39, 0.29) is 24.4 Å². The van der Waals surface area contributed by atoms with E-state index in [4.69, 9.17) is 5.73 Å². The Kier molecular flexibility index (Phi) is 4.90. The van der Waals surface area contributed by atoms with Crippen LogP contribution in [0.2, 0.25) is 0 Å². The van der Waals surface area contributed by atoms with Crippen molar-refractivity contribution >= 4 is 11.8 Å². The van der Waals surface area contributed by atoms with Crippen molar-refractivity contribution < 1.29 is 9.59 Å². The molecule has 110 valence electrons. The topological polar surface area (TPSA) is 88.3 Å². The maximum absolute atomic E-state index is 12.4. The van der Waals surface area contributed by atoms with Gasteiger partial charge in [0.05, 0.1) is 12.1 Å². The molecule has 1 aliphatic heterocycles. The summed E-state index contributed by atoms with van der Waals surface area (Å²) in [6.45, 7) is 2.90. The van der Waals surface area contributed by atoms with Crippen LogP contribution in [0.15, 0.2) is 18.5 Å². The fraction of sp³-hybridized carbons (Fsp3) is 0.400. The van der Waals surface area contributed by atoms with Gasteiger partial charge in [0.1, 0.15) is 0 Å². The first-order chi connectivity index (χ1) is 10.1. The molecule has 0 bridgehead atoms. The van der Waals surface area contributed by atoms with Gasteiger partial charge in [0.25, 0.3) is 5.91 Å². The second-order valence-corrected chi connectivity index (χ2v) is 4.91. The third kappa shape index (κ3) is 4.04. The molecule has 3 N–H and O–H groups in total. The zero-order chi connectivity index (χ0) is 15.2. The summed E-state index contributed by atoms with van der Waals surface area (Å²) in [5.74, 6) is 5.43. The van der Waals surface area contributed by atoms with Crippen LogP contribution in [0.5, 0.6) is 0 Å². The van der Waals surface area contributed by atoms with Crippen molar-refractivity contribution in [3.63, 3.8) is 0 Å². The monoisotopic (exact) mass is 286 g/mol. The molecule has 1 unspecified atom stereocenters. The number of nitrogens with zero attached hydrogens (tertiary/aromatic N) is 2. The van der Waals surface area contributed by atoms with Gasteiger partial charge in [0.2, 0.25) is 5.91 Å². The van der Waals surface area contributed by atoms with E-state index in [9.17, 15) is 9.59 Å². The van der Waals surface area contributed by atoms with Crippen molar-refractivity contribution in [1.29, 1.82) is 0 Å². The molecule has 1 aromatic rings. The lowest BCUT2D eigenvalue weighted by molar-refractivity contribution is -0.119. The summed E-state index contributed by atoms with van der Waals surface area (Å²) in [6, 6.07) is 1.74. The maximum Gasteiger partial charge on any atom is 0.255 e. The van der Waals surface area contributed by atoms with Crippen molar-refractivity contribution in [2.45, 2.75) is 19.4 Å². The van der Waals surface area contributed by atoms with Gasteiger partial charge in [-0.05, 0) is 12.5 Å². The highest BCUT2D eigenvalue weighted by atomic mass is 16.2. The molecule has 0 aliphatic carbocycles. The van der Waals surface area contributed by atoms with E-state index in [1.165, 1.54) is 13.1 Å². The summed E-state index contributed by atoms with van der Waals surface area (Å²) in [7, 11) is 0. The summed E-state index contributed by atoms with van der Waals surface area (Å²) >= 11 is 0. The van der Waals surface area contributed by atoms with Gasteiger partial charge in [-0.15, -0.1) is 0 Å². The van der Waals surface area contributed by atoms with Crippen LogP contribution in [0.3, 0.4) is 0 Å². The SMILES string of the molecule is CC(=O)NC1CCN(C(=O)c2cncc(C#CCN)c2)C1. The van der Waals surface area contributed by atoms with Gasteiger partial charge in [0, 0.05) is 44.0 Å². The van der Waals surface area contributed by atoms with Gasteiger partial charge < -0.3 is 16.0 Å². The number of likely N-dealkylation sites (tertiary alicyclic amines) is 1. The predicted molar refractivity (Wildman–Crippen MR) is 78.3 cm³/mol. The van der Waals surface area contributed by atoms with E-state index in [1.807, 2.05) is 0 Å². The number of carbonyl (C=O) groups excluding carboxylic acids is 2. The molecule has 0 aromatic carbocycles. The van der Waals surface area contributed by atoms with Crippen LogP contribution in [0.4, 0.5) is 0 Å². The Labute approximate surface area is 123 Å². The molecular weight excluding hydrogens is 268 g/mol. The third-order valence-corrected chi connectivity index (χ3v) is 3.20. The number of aromatic nitrogens is 1. The fourth-order valence-corrected chi connectivity index (χ4v) is 2.31. The molecule has 21 heavy (non-hydrogen) atoms. The summed E-state index contributed by atoms with van der Waals surface area (Å²) in [6.07, 6.45) is 3.90. The Morgan fingerprint density at radius 2 is 2.33 bits per heavy atom. The maximum atomic E-state index is 12.4. The first-order valence-electron chi connectivity index (χ1n) is 6.80. The average Bonchev–Trinajstić information content (AvgIpc) is 2.92. The molecule has 1 saturated heterocycles. The Hall–Kier alpha value is -2.39. The molecule has 1 atom stereocenters. The molecule has 0 radical (unpaired) electrons. The van der Waals surface area contributed by atoms with Crippen LogP contribution in [-0.2, 0) is 4.79 Å². The number of hydrogen-bond acceptors (Lipinski definition) is 4. The summed E-state index contributed by atoms with van der Waals surface area (Å²) in [5, 5.41) is 2.83. The Morgan fingerprint density at radius 3 is 3.05 bits per heavy atom. The van der Waals surface area contributed by atoms with Gasteiger partial charge in [-0.2, -0.15) is 0 Å². The number of carbonyl (C=O) groups is 2. The highest BCUT2D eigenvalue weighted by Crippen LogP contribution is 2.14. The number of rotatable bonds is 2. The van der Waals surface area contributed by atoms with E-state index in [2.05, 4.69) is 22.1 Å². The van der Waals surface area contributed by atoms with Crippen LogP contribution in [-0.4, -0.2) is 47.4 Å². The Balaban J connectivity index is 2.05. The van der Waals surface area contributed by atoms with Crippen molar-refractivity contribution in [3.05, 3.63) is 29.6 Å². The second-order valence-electron chi connectivity index (χ2n) is 4.91. The number of pyridine rings is 1. The second kappa shape index (κ2) is 6.86. The first-order valence-corrected chi connectivity index (χ1v) is 6.80. The van der Waals surface area contributed by atoms with Crippen LogP contribution >= 0.6 is 0 Å². The van der Waals surface area contributed by atoms with Crippen molar-refractivity contribution in [3.8, 4) is 11.8 Å². The van der Waals surface area contributed by atoms with Crippen molar-refractivity contribution in [2.75, 3.05) is 19.6 Å². The molecule has 2 heterocycles. The molecule has 0 saturated carbocycles. The van der Waals surface area contributed by atoms with E-state index >= 15 is 0 Å². The lowest BCUT2D eigenvalue weighted by Crippen LogP contribution is -2.37.